The van der Waals surface area contributed by atoms with Crippen molar-refractivity contribution in [3.05, 3.63) is 34.2 Å². The molecule has 43 heavy (non-hydrogen) atoms. The van der Waals surface area contributed by atoms with Gasteiger partial charge in [0.1, 0.15) is 11.9 Å². The minimum absolute atomic E-state index is 0.0150. The van der Waals surface area contributed by atoms with Crippen LogP contribution in [0.4, 0.5) is 17.6 Å². The molecule has 238 valence electrons. The van der Waals surface area contributed by atoms with Crippen molar-refractivity contribution in [3.8, 4) is 10.4 Å². The molecule has 1 aromatic heterocycles. The zero-order valence-electron chi connectivity index (χ0n) is 23.9. The third kappa shape index (κ3) is 7.55. The molecule has 1 amide bonds. The molecule has 2 aliphatic rings. The molecule has 0 spiro atoms. The van der Waals surface area contributed by atoms with Crippen molar-refractivity contribution in [2.75, 3.05) is 0 Å². The normalized spacial score (nSPS) is 20.8. The molecule has 9 nitrogen and oxygen atoms in total. The van der Waals surface area contributed by atoms with Gasteiger partial charge in [-0.15, -0.1) is 11.3 Å². The number of hydrogen-bond acceptors (Lipinski definition) is 7. The summed E-state index contributed by atoms with van der Waals surface area (Å²) in [6.07, 6.45) is 1.00. The van der Waals surface area contributed by atoms with E-state index >= 15 is 4.39 Å². The van der Waals surface area contributed by atoms with Gasteiger partial charge in [-0.3, -0.25) is 9.59 Å². The minimum Gasteiger partial charge on any atom is -0.481 e. The van der Waals surface area contributed by atoms with Crippen molar-refractivity contribution >= 4 is 33.2 Å². The number of aromatic nitrogens is 1. The topological polar surface area (TPSA) is 146 Å². The maximum atomic E-state index is 16.3. The number of rotatable bonds is 10. The second kappa shape index (κ2) is 12.4. The first-order valence-electron chi connectivity index (χ1n) is 14.1. The molecule has 4 rings (SSSR count). The number of hydrogen-bond donors (Lipinski definition) is 4. The van der Waals surface area contributed by atoms with Gasteiger partial charge < -0.3 is 15.5 Å². The van der Waals surface area contributed by atoms with Crippen molar-refractivity contribution in [3.63, 3.8) is 0 Å². The highest BCUT2D eigenvalue weighted by Gasteiger charge is 2.41. The highest BCUT2D eigenvalue weighted by molar-refractivity contribution is 7.89. The standard InChI is InChI=1S/C28H35F4N3O6S2/c1-14(28(30,31)32)35-43(40,41)20-10-9-18(22(29)21(20)27(2,3)39)23-19(11-15-7-5-4-6-8-15)34-25(42-23)24(36)33-17-12-16(13-17)26(37)38/h9-10,14-17,35,39H,4-8,11-13H2,1-3H3,(H,33,36)(H,37,38)/t14-,16?,17?/m0/s1. The fourth-order valence-corrected chi connectivity index (χ4v) is 8.13. The van der Waals surface area contributed by atoms with Crippen molar-refractivity contribution in [2.45, 2.75) is 101 Å². The van der Waals surface area contributed by atoms with E-state index in [1.165, 1.54) is 4.72 Å². The fraction of sp³-hybridized carbons (Fsp3) is 0.607. The number of aliphatic hydroxyl groups is 1. The van der Waals surface area contributed by atoms with E-state index in [2.05, 4.69) is 10.3 Å². The van der Waals surface area contributed by atoms with Gasteiger partial charge in [0.25, 0.3) is 5.91 Å². The molecule has 2 fully saturated rings. The third-order valence-corrected chi connectivity index (χ3v) is 10.7. The monoisotopic (exact) mass is 649 g/mol. The Labute approximate surface area is 251 Å². The number of halogens is 4. The zero-order valence-corrected chi connectivity index (χ0v) is 25.6. The highest BCUT2D eigenvalue weighted by atomic mass is 32.2. The lowest BCUT2D eigenvalue weighted by Crippen LogP contribution is -2.46. The van der Waals surface area contributed by atoms with Gasteiger partial charge >= 0.3 is 12.1 Å². The first-order valence-corrected chi connectivity index (χ1v) is 16.4. The number of nitrogens with one attached hydrogen (secondary N) is 2. The number of alkyl halides is 3. The van der Waals surface area contributed by atoms with Crippen LogP contribution in [0, 0.1) is 17.7 Å². The van der Waals surface area contributed by atoms with Crippen LogP contribution in [0.3, 0.4) is 0 Å². The van der Waals surface area contributed by atoms with E-state index < -0.39 is 61.9 Å². The maximum Gasteiger partial charge on any atom is 0.404 e. The van der Waals surface area contributed by atoms with E-state index in [0.717, 1.165) is 69.4 Å². The predicted octanol–water partition coefficient (Wildman–Crippen LogP) is 5.12. The molecule has 2 saturated carbocycles. The quantitative estimate of drug-likeness (QED) is 0.262. The van der Waals surface area contributed by atoms with Crippen LogP contribution in [0.25, 0.3) is 10.4 Å². The van der Waals surface area contributed by atoms with E-state index in [0.29, 0.717) is 19.0 Å². The summed E-state index contributed by atoms with van der Waals surface area (Å²) in [5, 5.41) is 22.7. The molecule has 1 heterocycles. The Bertz CT molecular complexity index is 1470. The lowest BCUT2D eigenvalue weighted by molar-refractivity contribution is -0.147. The molecule has 2 aliphatic carbocycles. The molecule has 1 aromatic carbocycles. The van der Waals surface area contributed by atoms with E-state index in [1.54, 1.807) is 0 Å². The van der Waals surface area contributed by atoms with Crippen LogP contribution < -0.4 is 10.0 Å². The molecule has 0 unspecified atom stereocenters. The summed E-state index contributed by atoms with van der Waals surface area (Å²) in [4.78, 5) is 28.1. The largest absolute Gasteiger partial charge is 0.481 e. The summed E-state index contributed by atoms with van der Waals surface area (Å²) in [7, 11) is -4.93. The van der Waals surface area contributed by atoms with E-state index in [9.17, 15) is 36.3 Å². The first kappa shape index (κ1) is 33.3. The SMILES string of the molecule is C[C@H](NS(=O)(=O)c1ccc(-c2sc(C(=O)NC3CC(C(=O)O)C3)nc2CC2CCCCC2)c(F)c1C(C)(C)O)C(F)(F)F. The van der Waals surface area contributed by atoms with Gasteiger partial charge in [-0.1, -0.05) is 32.1 Å². The van der Waals surface area contributed by atoms with E-state index in [1.807, 2.05) is 0 Å². The molecule has 4 N–H and O–H groups in total. The van der Waals surface area contributed by atoms with Crippen molar-refractivity contribution in [1.29, 1.82) is 0 Å². The Balaban J connectivity index is 1.75. The van der Waals surface area contributed by atoms with E-state index in [-0.39, 0.29) is 40.2 Å². The van der Waals surface area contributed by atoms with Crippen LogP contribution >= 0.6 is 11.3 Å². The fourth-order valence-electron chi connectivity index (χ4n) is 5.54. The van der Waals surface area contributed by atoms with Crippen molar-refractivity contribution < 1.29 is 45.8 Å². The first-order chi connectivity index (χ1) is 19.9. The van der Waals surface area contributed by atoms with Crippen LogP contribution in [-0.2, 0) is 26.8 Å². The van der Waals surface area contributed by atoms with Gasteiger partial charge in [0.05, 0.1) is 27.0 Å². The van der Waals surface area contributed by atoms with Gasteiger partial charge in [0.2, 0.25) is 10.0 Å². The molecule has 0 bridgehead atoms. The number of amides is 1. The number of carboxylic acids is 1. The summed E-state index contributed by atoms with van der Waals surface area (Å²) in [5.41, 5.74) is -2.56. The van der Waals surface area contributed by atoms with Gasteiger partial charge in [-0.2, -0.15) is 17.9 Å². The Hall–Kier alpha value is -2.62. The Kier molecular flexibility index (Phi) is 9.60. The number of carboxylic acid groups (broad SMARTS) is 1. The van der Waals surface area contributed by atoms with Crippen LogP contribution in [0.15, 0.2) is 17.0 Å². The molecule has 1 atom stereocenters. The summed E-state index contributed by atoms with van der Waals surface area (Å²) in [5.74, 6) is -2.97. The van der Waals surface area contributed by atoms with E-state index in [4.69, 9.17) is 5.11 Å². The second-order valence-electron chi connectivity index (χ2n) is 11.9. The number of carbonyl (C=O) groups is 2. The lowest BCUT2D eigenvalue weighted by atomic mass is 9.80. The number of nitrogens with zero attached hydrogens (tertiary/aromatic N) is 1. The molecule has 0 radical (unpaired) electrons. The molecular formula is C28H35F4N3O6S2. The predicted molar refractivity (Wildman–Crippen MR) is 150 cm³/mol. The zero-order chi connectivity index (χ0) is 31.9. The number of sulfonamides is 1. The van der Waals surface area contributed by atoms with Gasteiger partial charge in [-0.25, -0.2) is 17.8 Å². The summed E-state index contributed by atoms with van der Waals surface area (Å²) in [6, 6.07) is -0.764. The molecule has 2 aromatic rings. The smallest absolute Gasteiger partial charge is 0.404 e. The molecule has 15 heteroatoms. The minimum atomic E-state index is -4.93. The van der Waals surface area contributed by atoms with Crippen LogP contribution in [0.1, 0.15) is 86.8 Å². The Morgan fingerprint density at radius 1 is 1.14 bits per heavy atom. The summed E-state index contributed by atoms with van der Waals surface area (Å²) in [6.45, 7) is 2.86. The van der Waals surface area contributed by atoms with Crippen LogP contribution in [0.2, 0.25) is 0 Å². The van der Waals surface area contributed by atoms with Gasteiger partial charge in [0, 0.05) is 17.2 Å². The van der Waals surface area contributed by atoms with Crippen LogP contribution in [0.5, 0.6) is 0 Å². The summed E-state index contributed by atoms with van der Waals surface area (Å²) >= 11 is 0.879. The Morgan fingerprint density at radius 2 is 1.77 bits per heavy atom. The number of aliphatic carboxylic acids is 1. The van der Waals surface area contributed by atoms with Crippen molar-refractivity contribution in [2.24, 2.45) is 11.8 Å². The van der Waals surface area contributed by atoms with Gasteiger partial charge in [0.15, 0.2) is 5.01 Å². The highest BCUT2D eigenvalue weighted by Crippen LogP contribution is 2.41. The average Bonchev–Trinajstić information content (AvgIpc) is 3.27. The van der Waals surface area contributed by atoms with Crippen LogP contribution in [-0.4, -0.2) is 53.8 Å². The third-order valence-electron chi connectivity index (χ3n) is 7.99. The average molecular weight is 650 g/mol. The Morgan fingerprint density at radius 3 is 2.33 bits per heavy atom. The second-order valence-corrected chi connectivity index (χ2v) is 14.6. The molecule has 0 aliphatic heterocycles. The summed E-state index contributed by atoms with van der Waals surface area (Å²) < 4.78 is 83.3. The number of carbonyl (C=O) groups excluding carboxylic acids is 1. The van der Waals surface area contributed by atoms with Crippen molar-refractivity contribution in [1.82, 2.24) is 15.0 Å². The number of benzene rings is 1. The lowest BCUT2D eigenvalue weighted by Gasteiger charge is -2.32. The molecule has 0 saturated heterocycles. The maximum absolute atomic E-state index is 16.3. The van der Waals surface area contributed by atoms with Gasteiger partial charge in [-0.05, 0) is 58.1 Å². The number of thiazole rings is 1. The molecular weight excluding hydrogens is 614 g/mol.